The van der Waals surface area contributed by atoms with Crippen LogP contribution >= 0.6 is 0 Å². The second-order valence-corrected chi connectivity index (χ2v) is 6.95. The van der Waals surface area contributed by atoms with Gasteiger partial charge < -0.3 is 14.6 Å². The highest BCUT2D eigenvalue weighted by Crippen LogP contribution is 2.33. The summed E-state index contributed by atoms with van der Waals surface area (Å²) in [6, 6.07) is 23.9. The van der Waals surface area contributed by atoms with Crippen LogP contribution in [-0.4, -0.2) is 18.2 Å². The summed E-state index contributed by atoms with van der Waals surface area (Å²) < 4.78 is 11.7. The highest BCUT2D eigenvalue weighted by atomic mass is 16.5. The first-order valence-electron chi connectivity index (χ1n) is 9.99. The maximum atomic E-state index is 10.8. The van der Waals surface area contributed by atoms with Crippen LogP contribution in [-0.2, 0) is 24.2 Å². The molecule has 4 heteroatoms. The highest BCUT2D eigenvalue weighted by Gasteiger charge is 2.11. The first kappa shape index (κ1) is 21.2. The van der Waals surface area contributed by atoms with E-state index < -0.39 is 5.97 Å². The minimum absolute atomic E-state index is 0.483. The Bertz CT molecular complexity index is 993. The van der Waals surface area contributed by atoms with Crippen LogP contribution in [0.5, 0.6) is 11.5 Å². The maximum Gasteiger partial charge on any atom is 0.328 e. The van der Waals surface area contributed by atoms with E-state index in [0.29, 0.717) is 6.61 Å². The average Bonchev–Trinajstić information content (AvgIpc) is 2.78. The summed E-state index contributed by atoms with van der Waals surface area (Å²) in [5.74, 6) is 0.567. The Balaban J connectivity index is 1.69. The molecule has 1 N–H and O–H groups in total. The third kappa shape index (κ3) is 5.98. The van der Waals surface area contributed by atoms with Gasteiger partial charge in [-0.15, -0.1) is 0 Å². The number of carbonyl (C=O) groups is 1. The standard InChI is InChI=1S/C26H26O4/c1-29-24-16-8-15-23(26(24)30-19-20-9-3-2-4-10-20)14-7-13-21-11-5-6-12-22(21)17-18-25(27)28/h2-6,8-12,15-18H,7,13-14,19H2,1H3,(H,27,28)/b18-17+. The quantitative estimate of drug-likeness (QED) is 0.452. The third-order valence-corrected chi connectivity index (χ3v) is 4.86. The lowest BCUT2D eigenvalue weighted by Gasteiger charge is -2.15. The molecule has 0 unspecified atom stereocenters. The molecule has 0 aliphatic rings. The first-order chi connectivity index (χ1) is 14.7. The number of carboxylic acids is 1. The number of methoxy groups -OCH3 is 1. The summed E-state index contributed by atoms with van der Waals surface area (Å²) in [5, 5.41) is 8.89. The SMILES string of the molecule is COc1cccc(CCCc2ccccc2/C=C/C(=O)O)c1OCc1ccccc1. The number of aliphatic carboxylic acids is 1. The number of carboxylic acid groups (broad SMARTS) is 1. The van der Waals surface area contributed by atoms with Crippen LogP contribution < -0.4 is 9.47 Å². The van der Waals surface area contributed by atoms with E-state index >= 15 is 0 Å². The molecule has 0 aromatic heterocycles. The van der Waals surface area contributed by atoms with Crippen molar-refractivity contribution in [3.05, 3.63) is 101 Å². The number of hydrogen-bond donors (Lipinski definition) is 1. The average molecular weight is 402 g/mol. The largest absolute Gasteiger partial charge is 0.493 e. The fraction of sp³-hybridized carbons (Fsp3) is 0.192. The fourth-order valence-electron chi connectivity index (χ4n) is 3.37. The van der Waals surface area contributed by atoms with Crippen LogP contribution in [0.15, 0.2) is 78.9 Å². The maximum absolute atomic E-state index is 10.8. The van der Waals surface area contributed by atoms with Gasteiger partial charge in [0.15, 0.2) is 11.5 Å². The van der Waals surface area contributed by atoms with E-state index in [2.05, 4.69) is 6.07 Å². The number of aryl methyl sites for hydroxylation is 2. The van der Waals surface area contributed by atoms with Gasteiger partial charge in [0.1, 0.15) is 6.61 Å². The summed E-state index contributed by atoms with van der Waals surface area (Å²) >= 11 is 0. The van der Waals surface area contributed by atoms with Gasteiger partial charge in [-0.25, -0.2) is 4.79 Å². The minimum Gasteiger partial charge on any atom is -0.493 e. The predicted octanol–water partition coefficient (Wildman–Crippen LogP) is 5.55. The molecular formula is C26H26O4. The van der Waals surface area contributed by atoms with E-state index in [1.807, 2.05) is 66.7 Å². The van der Waals surface area contributed by atoms with Crippen molar-refractivity contribution in [2.45, 2.75) is 25.9 Å². The molecule has 30 heavy (non-hydrogen) atoms. The van der Waals surface area contributed by atoms with Crippen molar-refractivity contribution in [1.29, 1.82) is 0 Å². The summed E-state index contributed by atoms with van der Waals surface area (Å²) in [7, 11) is 1.65. The molecule has 3 rings (SSSR count). The second-order valence-electron chi connectivity index (χ2n) is 6.95. The highest BCUT2D eigenvalue weighted by molar-refractivity contribution is 5.85. The van der Waals surface area contributed by atoms with Crippen molar-refractivity contribution in [3.8, 4) is 11.5 Å². The van der Waals surface area contributed by atoms with Crippen molar-refractivity contribution in [3.63, 3.8) is 0 Å². The van der Waals surface area contributed by atoms with Crippen molar-refractivity contribution >= 4 is 12.0 Å². The molecule has 0 saturated carbocycles. The van der Waals surface area contributed by atoms with Gasteiger partial charge in [-0.05, 0) is 53.7 Å². The lowest BCUT2D eigenvalue weighted by atomic mass is 9.99. The topological polar surface area (TPSA) is 55.8 Å². The molecule has 4 nitrogen and oxygen atoms in total. The molecule has 3 aromatic rings. The Kier molecular flexibility index (Phi) is 7.67. The summed E-state index contributed by atoms with van der Waals surface area (Å²) in [6.45, 7) is 0.483. The summed E-state index contributed by atoms with van der Waals surface area (Å²) in [6.07, 6.45) is 5.41. The van der Waals surface area contributed by atoms with Gasteiger partial charge in [-0.3, -0.25) is 0 Å². The Morgan fingerprint density at radius 2 is 1.60 bits per heavy atom. The molecule has 0 fully saturated rings. The first-order valence-corrected chi connectivity index (χ1v) is 9.99. The lowest BCUT2D eigenvalue weighted by molar-refractivity contribution is -0.131. The Hall–Kier alpha value is -3.53. The van der Waals surface area contributed by atoms with Crippen molar-refractivity contribution in [2.75, 3.05) is 7.11 Å². The van der Waals surface area contributed by atoms with Gasteiger partial charge in [-0.2, -0.15) is 0 Å². The van der Waals surface area contributed by atoms with Crippen LogP contribution in [0.3, 0.4) is 0 Å². The Labute approximate surface area is 177 Å². The smallest absolute Gasteiger partial charge is 0.328 e. The molecule has 0 bridgehead atoms. The summed E-state index contributed by atoms with van der Waals surface area (Å²) in [5.41, 5.74) is 4.27. The number of hydrogen-bond acceptors (Lipinski definition) is 3. The zero-order valence-corrected chi connectivity index (χ0v) is 17.1. The van der Waals surface area contributed by atoms with Crippen LogP contribution in [0.1, 0.15) is 28.7 Å². The molecule has 0 spiro atoms. The monoisotopic (exact) mass is 402 g/mol. The number of benzene rings is 3. The van der Waals surface area contributed by atoms with E-state index in [1.54, 1.807) is 13.2 Å². The van der Waals surface area contributed by atoms with Gasteiger partial charge >= 0.3 is 5.97 Å². The van der Waals surface area contributed by atoms with Gasteiger partial charge in [0.25, 0.3) is 0 Å². The lowest BCUT2D eigenvalue weighted by Crippen LogP contribution is -2.02. The third-order valence-electron chi connectivity index (χ3n) is 4.86. The van der Waals surface area contributed by atoms with Gasteiger partial charge in [0.05, 0.1) is 7.11 Å². The molecule has 0 saturated heterocycles. The molecule has 0 heterocycles. The van der Waals surface area contributed by atoms with E-state index in [0.717, 1.165) is 53.0 Å². The molecule has 154 valence electrons. The zero-order valence-electron chi connectivity index (χ0n) is 17.1. The van der Waals surface area contributed by atoms with Crippen LogP contribution in [0.25, 0.3) is 6.08 Å². The number of ether oxygens (including phenoxy) is 2. The van der Waals surface area contributed by atoms with Crippen molar-refractivity contribution in [1.82, 2.24) is 0 Å². The van der Waals surface area contributed by atoms with Gasteiger partial charge in [0.2, 0.25) is 0 Å². The molecule has 0 aliphatic carbocycles. The molecular weight excluding hydrogens is 376 g/mol. The van der Waals surface area contributed by atoms with E-state index in [4.69, 9.17) is 14.6 Å². The number of rotatable bonds is 10. The van der Waals surface area contributed by atoms with Gasteiger partial charge in [-0.1, -0.05) is 66.7 Å². The van der Waals surface area contributed by atoms with Crippen LogP contribution in [0, 0.1) is 0 Å². The molecule has 0 amide bonds. The van der Waals surface area contributed by atoms with Crippen LogP contribution in [0.2, 0.25) is 0 Å². The normalized spacial score (nSPS) is 10.8. The Morgan fingerprint density at radius 3 is 2.37 bits per heavy atom. The van der Waals surface area contributed by atoms with E-state index in [1.165, 1.54) is 6.08 Å². The fourth-order valence-corrected chi connectivity index (χ4v) is 3.37. The molecule has 0 atom stereocenters. The summed E-state index contributed by atoms with van der Waals surface area (Å²) in [4.78, 5) is 10.8. The number of para-hydroxylation sites is 1. The van der Waals surface area contributed by atoms with Gasteiger partial charge in [0, 0.05) is 6.08 Å². The predicted molar refractivity (Wildman–Crippen MR) is 119 cm³/mol. The Morgan fingerprint density at radius 1 is 0.900 bits per heavy atom. The molecule has 3 aromatic carbocycles. The van der Waals surface area contributed by atoms with E-state index in [9.17, 15) is 4.79 Å². The second kappa shape index (κ2) is 10.9. The van der Waals surface area contributed by atoms with E-state index in [-0.39, 0.29) is 0 Å². The van der Waals surface area contributed by atoms with Crippen molar-refractivity contribution in [2.24, 2.45) is 0 Å². The minimum atomic E-state index is -0.943. The van der Waals surface area contributed by atoms with Crippen LogP contribution in [0.4, 0.5) is 0 Å². The molecule has 0 radical (unpaired) electrons. The zero-order chi connectivity index (χ0) is 21.2. The molecule has 0 aliphatic heterocycles. The van der Waals surface area contributed by atoms with Crippen molar-refractivity contribution < 1.29 is 19.4 Å².